The number of aromatic nitrogens is 3. The average Bonchev–Trinajstić information content (AvgIpc) is 3.89. The summed E-state index contributed by atoms with van der Waals surface area (Å²) in [5, 5.41) is 27.7. The van der Waals surface area contributed by atoms with E-state index >= 15 is 0 Å². The van der Waals surface area contributed by atoms with Gasteiger partial charge >= 0.3 is 0 Å². The highest BCUT2D eigenvalue weighted by Gasteiger charge is 2.22. The second-order valence-corrected chi connectivity index (χ2v) is 13.9. The van der Waals surface area contributed by atoms with Crippen LogP contribution in [-0.2, 0) is 0 Å². The zero-order chi connectivity index (χ0) is 36.6. The normalized spacial score (nSPS) is 11.6. The van der Waals surface area contributed by atoms with Crippen molar-refractivity contribution in [1.82, 2.24) is 13.7 Å². The average molecular weight is 700 g/mol. The molecule has 11 rings (SSSR count). The Kier molecular flexibility index (Phi) is 6.61. The summed E-state index contributed by atoms with van der Waals surface area (Å²) >= 11 is 0. The fourth-order valence-electron chi connectivity index (χ4n) is 8.92. The number of hydrogen-bond acceptors (Lipinski definition) is 2. The Balaban J connectivity index is 1.15. The Morgan fingerprint density at radius 2 is 0.855 bits per heavy atom. The number of nitrogens with zero attached hydrogens (tertiary/aromatic N) is 5. The number of hydrogen-bond donors (Lipinski definition) is 0. The fraction of sp³-hybridized carbons (Fsp3) is 0. The first kappa shape index (κ1) is 30.7. The Morgan fingerprint density at radius 1 is 0.364 bits per heavy atom. The van der Waals surface area contributed by atoms with Crippen LogP contribution >= 0.6 is 0 Å². The van der Waals surface area contributed by atoms with Crippen molar-refractivity contribution in [2.45, 2.75) is 0 Å². The number of para-hydroxylation sites is 4. The lowest BCUT2D eigenvalue weighted by Gasteiger charge is -2.15. The van der Waals surface area contributed by atoms with Gasteiger partial charge in [-0.05, 0) is 72.3 Å². The third-order valence-corrected chi connectivity index (χ3v) is 11.1. The topological polar surface area (TPSA) is 62.4 Å². The summed E-state index contributed by atoms with van der Waals surface area (Å²) in [5.41, 5.74) is 12.3. The highest BCUT2D eigenvalue weighted by atomic mass is 15.0. The minimum Gasteiger partial charge on any atom is -0.309 e. The number of fused-ring (bicyclic) bond motifs is 9. The summed E-state index contributed by atoms with van der Waals surface area (Å²) in [6.45, 7) is 0. The predicted molar refractivity (Wildman–Crippen MR) is 224 cm³/mol. The molecule has 0 aliphatic heterocycles. The molecular formula is C50H29N5. The van der Waals surface area contributed by atoms with Crippen LogP contribution in [0.2, 0.25) is 0 Å². The maximum atomic E-state index is 11.0. The molecule has 0 aliphatic rings. The first-order valence-electron chi connectivity index (χ1n) is 18.3. The molecule has 0 bridgehead atoms. The number of rotatable bonds is 4. The minimum absolute atomic E-state index is 0.596. The van der Waals surface area contributed by atoms with E-state index < -0.39 is 0 Å². The maximum absolute atomic E-state index is 11.0. The third kappa shape index (κ3) is 4.33. The minimum atomic E-state index is 0.596. The zero-order valence-corrected chi connectivity index (χ0v) is 29.5. The maximum Gasteiger partial charge on any atom is 0.102 e. The van der Waals surface area contributed by atoms with Crippen molar-refractivity contribution >= 4 is 65.4 Å². The summed E-state index contributed by atoms with van der Waals surface area (Å²) in [6.07, 6.45) is 0. The molecule has 254 valence electrons. The fourth-order valence-corrected chi connectivity index (χ4v) is 8.92. The molecule has 8 aromatic carbocycles. The van der Waals surface area contributed by atoms with Gasteiger partial charge in [-0.15, -0.1) is 0 Å². The standard InChI is InChI=1S/C50H29N5/c51-30-33-14-10-26-46-49(33)38-18-3-7-23-43(38)53(46)34-15-9-13-32(29-34)35-20-11-25-45(40(35)31-52)55-44-24-8-4-19-39(44)50-47(27-12-28-48(50)55)54-41-21-5-1-16-36(41)37-17-2-6-22-42(37)54/h1-29H. The van der Waals surface area contributed by atoms with Crippen LogP contribution in [-0.4, -0.2) is 13.7 Å². The molecule has 0 saturated heterocycles. The van der Waals surface area contributed by atoms with E-state index in [1.165, 1.54) is 10.8 Å². The molecule has 0 radical (unpaired) electrons. The van der Waals surface area contributed by atoms with Gasteiger partial charge in [0.1, 0.15) is 6.07 Å². The molecule has 3 heterocycles. The summed E-state index contributed by atoms with van der Waals surface area (Å²) in [6, 6.07) is 65.8. The lowest BCUT2D eigenvalue weighted by molar-refractivity contribution is 1.16. The largest absolute Gasteiger partial charge is 0.309 e. The summed E-state index contributed by atoms with van der Waals surface area (Å²) in [7, 11) is 0. The molecule has 5 heteroatoms. The van der Waals surface area contributed by atoms with Gasteiger partial charge in [-0.25, -0.2) is 0 Å². The quantitative estimate of drug-likeness (QED) is 0.184. The van der Waals surface area contributed by atoms with E-state index in [0.29, 0.717) is 11.1 Å². The molecule has 0 aliphatic carbocycles. The second kappa shape index (κ2) is 11.8. The van der Waals surface area contributed by atoms with Crippen molar-refractivity contribution in [3.8, 4) is 40.3 Å². The van der Waals surface area contributed by atoms with Crippen molar-refractivity contribution in [3.63, 3.8) is 0 Å². The Bertz CT molecular complexity index is 3420. The van der Waals surface area contributed by atoms with E-state index in [1.54, 1.807) is 0 Å². The highest BCUT2D eigenvalue weighted by Crippen LogP contribution is 2.42. The van der Waals surface area contributed by atoms with E-state index in [2.05, 4.69) is 165 Å². The third-order valence-electron chi connectivity index (χ3n) is 11.1. The molecule has 5 nitrogen and oxygen atoms in total. The molecule has 3 aromatic heterocycles. The first-order valence-corrected chi connectivity index (χ1v) is 18.3. The first-order chi connectivity index (χ1) is 27.2. The molecule has 11 aromatic rings. The van der Waals surface area contributed by atoms with Crippen molar-refractivity contribution in [1.29, 1.82) is 10.5 Å². The molecule has 0 amide bonds. The molecule has 0 N–H and O–H groups in total. The van der Waals surface area contributed by atoms with Gasteiger partial charge in [-0.2, -0.15) is 10.5 Å². The van der Waals surface area contributed by atoms with Crippen LogP contribution in [0.4, 0.5) is 0 Å². The van der Waals surface area contributed by atoms with Crippen LogP contribution < -0.4 is 0 Å². The summed E-state index contributed by atoms with van der Waals surface area (Å²) in [4.78, 5) is 0. The summed E-state index contributed by atoms with van der Waals surface area (Å²) < 4.78 is 6.85. The number of nitriles is 2. The van der Waals surface area contributed by atoms with Crippen LogP contribution in [0.5, 0.6) is 0 Å². The zero-order valence-electron chi connectivity index (χ0n) is 29.5. The second-order valence-electron chi connectivity index (χ2n) is 13.9. The van der Waals surface area contributed by atoms with Crippen molar-refractivity contribution in [2.75, 3.05) is 0 Å². The van der Waals surface area contributed by atoms with Crippen LogP contribution in [0.15, 0.2) is 176 Å². The van der Waals surface area contributed by atoms with Gasteiger partial charge in [0.2, 0.25) is 0 Å². The van der Waals surface area contributed by atoms with Gasteiger partial charge in [-0.3, -0.25) is 0 Å². The van der Waals surface area contributed by atoms with Gasteiger partial charge in [-0.1, -0.05) is 109 Å². The Morgan fingerprint density at radius 3 is 1.53 bits per heavy atom. The van der Waals surface area contributed by atoms with Crippen LogP contribution in [0, 0.1) is 22.7 Å². The van der Waals surface area contributed by atoms with E-state index in [-0.39, 0.29) is 0 Å². The SMILES string of the molecule is N#Cc1c(-c2cccc(-n3c4ccccc4c4c(C#N)cccc43)c2)cccc1-n1c2ccccc2c2c(-n3c4ccccc4c4ccccc43)cccc21. The van der Waals surface area contributed by atoms with E-state index in [4.69, 9.17) is 0 Å². The molecule has 0 fully saturated rings. The van der Waals surface area contributed by atoms with E-state index in [0.717, 1.165) is 82.8 Å². The highest BCUT2D eigenvalue weighted by molar-refractivity contribution is 6.17. The molecule has 0 atom stereocenters. The van der Waals surface area contributed by atoms with Crippen molar-refractivity contribution < 1.29 is 0 Å². The lowest BCUT2D eigenvalue weighted by atomic mass is 9.98. The van der Waals surface area contributed by atoms with Gasteiger partial charge in [0.25, 0.3) is 0 Å². The van der Waals surface area contributed by atoms with E-state index in [9.17, 15) is 10.5 Å². The number of benzene rings is 8. The van der Waals surface area contributed by atoms with Crippen molar-refractivity contribution in [3.05, 3.63) is 187 Å². The van der Waals surface area contributed by atoms with Crippen LogP contribution in [0.25, 0.3) is 93.6 Å². The molecule has 0 unspecified atom stereocenters. The van der Waals surface area contributed by atoms with Gasteiger partial charge < -0.3 is 13.7 Å². The van der Waals surface area contributed by atoms with Gasteiger partial charge in [0.15, 0.2) is 0 Å². The molecule has 0 spiro atoms. The lowest BCUT2D eigenvalue weighted by Crippen LogP contribution is -2.00. The van der Waals surface area contributed by atoms with Crippen LogP contribution in [0.3, 0.4) is 0 Å². The van der Waals surface area contributed by atoms with E-state index in [1.807, 2.05) is 36.4 Å². The van der Waals surface area contributed by atoms with Crippen molar-refractivity contribution in [2.24, 2.45) is 0 Å². The molecule has 0 saturated carbocycles. The molecular weight excluding hydrogens is 671 g/mol. The summed E-state index contributed by atoms with van der Waals surface area (Å²) in [5.74, 6) is 0. The monoisotopic (exact) mass is 699 g/mol. The van der Waals surface area contributed by atoms with Gasteiger partial charge in [0.05, 0.1) is 61.7 Å². The Labute approximate surface area is 316 Å². The smallest absolute Gasteiger partial charge is 0.102 e. The predicted octanol–water partition coefficient (Wildman–Crippen LogP) is 12.4. The van der Waals surface area contributed by atoms with Crippen LogP contribution in [0.1, 0.15) is 11.1 Å². The Hall–Kier alpha value is -7.86. The molecule has 55 heavy (non-hydrogen) atoms. The van der Waals surface area contributed by atoms with Gasteiger partial charge in [0, 0.05) is 43.6 Å².